The third-order valence-corrected chi connectivity index (χ3v) is 2.40. The van der Waals surface area contributed by atoms with Crippen molar-refractivity contribution in [3.05, 3.63) is 0 Å². The van der Waals surface area contributed by atoms with Gasteiger partial charge in [0.15, 0.2) is 0 Å². The van der Waals surface area contributed by atoms with E-state index in [-0.39, 0.29) is 11.8 Å². The largest absolute Gasteiger partial charge is 0.369 e. The molecule has 3 N–H and O–H groups in total. The number of piperidine rings is 1. The summed E-state index contributed by atoms with van der Waals surface area (Å²) >= 11 is 0. The number of carbonyl (C=O) groups excluding carboxylic acids is 1. The fraction of sp³-hybridized carbons (Fsp3) is 0.875. The Bertz CT molecular complexity index is 141. The molecule has 3 nitrogen and oxygen atoms in total. The summed E-state index contributed by atoms with van der Waals surface area (Å²) in [5.74, 6) is -0.209. The van der Waals surface area contributed by atoms with Crippen LogP contribution in [-0.2, 0) is 4.79 Å². The van der Waals surface area contributed by atoms with Gasteiger partial charge in [-0.15, -0.1) is 0 Å². The maximum Gasteiger partial charge on any atom is 0.221 e. The minimum atomic E-state index is -0.190. The molecule has 0 aromatic carbocycles. The van der Waals surface area contributed by atoms with Gasteiger partial charge in [-0.25, -0.2) is 0 Å². The molecule has 1 saturated heterocycles. The van der Waals surface area contributed by atoms with Crippen molar-refractivity contribution in [1.29, 1.82) is 0 Å². The zero-order valence-electron chi connectivity index (χ0n) is 6.97. The van der Waals surface area contributed by atoms with Crippen molar-refractivity contribution in [2.45, 2.75) is 32.2 Å². The molecule has 1 rings (SSSR count). The van der Waals surface area contributed by atoms with Gasteiger partial charge < -0.3 is 11.1 Å². The van der Waals surface area contributed by atoms with E-state index in [0.29, 0.717) is 6.04 Å². The zero-order chi connectivity index (χ0) is 8.27. The molecule has 0 aromatic rings. The number of primary amides is 1. The Hall–Kier alpha value is -0.570. The van der Waals surface area contributed by atoms with Crippen LogP contribution in [0.2, 0.25) is 0 Å². The van der Waals surface area contributed by atoms with Crippen LogP contribution in [0.3, 0.4) is 0 Å². The Morgan fingerprint density at radius 2 is 2.36 bits per heavy atom. The Labute approximate surface area is 67.3 Å². The topological polar surface area (TPSA) is 55.1 Å². The number of amides is 1. The zero-order valence-corrected chi connectivity index (χ0v) is 6.97. The van der Waals surface area contributed by atoms with E-state index < -0.39 is 0 Å². The van der Waals surface area contributed by atoms with Gasteiger partial charge in [0.2, 0.25) is 5.91 Å². The Balaban J connectivity index is 2.38. The van der Waals surface area contributed by atoms with Gasteiger partial charge in [-0.3, -0.25) is 4.79 Å². The van der Waals surface area contributed by atoms with E-state index in [1.807, 2.05) is 6.92 Å². The Morgan fingerprint density at radius 1 is 1.64 bits per heavy atom. The fourth-order valence-electron chi connectivity index (χ4n) is 1.50. The van der Waals surface area contributed by atoms with Crippen LogP contribution in [0.1, 0.15) is 26.2 Å². The maximum atomic E-state index is 10.8. The second-order valence-corrected chi connectivity index (χ2v) is 3.25. The van der Waals surface area contributed by atoms with Crippen molar-refractivity contribution in [3.63, 3.8) is 0 Å². The van der Waals surface area contributed by atoms with E-state index in [1.54, 1.807) is 0 Å². The van der Waals surface area contributed by atoms with E-state index in [0.717, 1.165) is 13.0 Å². The minimum absolute atomic E-state index is 0.0182. The lowest BCUT2D eigenvalue weighted by molar-refractivity contribution is -0.122. The quantitative estimate of drug-likeness (QED) is 0.602. The molecule has 0 saturated carbocycles. The third kappa shape index (κ3) is 2.19. The SMILES string of the molecule is CC(C(N)=O)C1CCCCN1. The van der Waals surface area contributed by atoms with Crippen LogP contribution in [0.5, 0.6) is 0 Å². The monoisotopic (exact) mass is 156 g/mol. The summed E-state index contributed by atoms with van der Waals surface area (Å²) in [5, 5.41) is 3.30. The van der Waals surface area contributed by atoms with Crippen molar-refractivity contribution < 1.29 is 4.79 Å². The minimum Gasteiger partial charge on any atom is -0.369 e. The number of nitrogens with two attached hydrogens (primary N) is 1. The van der Waals surface area contributed by atoms with Crippen molar-refractivity contribution in [2.24, 2.45) is 11.7 Å². The summed E-state index contributed by atoms with van der Waals surface area (Å²) in [4.78, 5) is 10.8. The van der Waals surface area contributed by atoms with Crippen LogP contribution >= 0.6 is 0 Å². The number of nitrogens with one attached hydrogen (secondary N) is 1. The molecule has 1 amide bonds. The molecule has 64 valence electrons. The normalized spacial score (nSPS) is 27.9. The van der Waals surface area contributed by atoms with Crippen LogP contribution in [0.15, 0.2) is 0 Å². The summed E-state index contributed by atoms with van der Waals surface area (Å²) in [6, 6.07) is 0.321. The van der Waals surface area contributed by atoms with Crippen LogP contribution in [0.4, 0.5) is 0 Å². The molecule has 1 aliphatic rings. The molecular formula is C8H16N2O. The van der Waals surface area contributed by atoms with E-state index in [4.69, 9.17) is 5.73 Å². The molecule has 0 bridgehead atoms. The van der Waals surface area contributed by atoms with E-state index >= 15 is 0 Å². The molecule has 11 heavy (non-hydrogen) atoms. The number of hydrogen-bond donors (Lipinski definition) is 2. The van der Waals surface area contributed by atoms with E-state index in [2.05, 4.69) is 5.32 Å². The standard InChI is InChI=1S/C8H16N2O/c1-6(8(9)11)7-4-2-3-5-10-7/h6-7,10H,2-5H2,1H3,(H2,9,11). The van der Waals surface area contributed by atoms with Crippen molar-refractivity contribution in [3.8, 4) is 0 Å². The molecule has 2 unspecified atom stereocenters. The lowest BCUT2D eigenvalue weighted by Gasteiger charge is -2.26. The van der Waals surface area contributed by atoms with Crippen molar-refractivity contribution >= 4 is 5.91 Å². The third-order valence-electron chi connectivity index (χ3n) is 2.40. The lowest BCUT2D eigenvalue weighted by Crippen LogP contribution is -2.43. The molecule has 0 aliphatic carbocycles. The van der Waals surface area contributed by atoms with Gasteiger partial charge in [-0.2, -0.15) is 0 Å². The van der Waals surface area contributed by atoms with Gasteiger partial charge in [0.25, 0.3) is 0 Å². The average Bonchev–Trinajstić information content (AvgIpc) is 2.05. The molecule has 0 radical (unpaired) electrons. The van der Waals surface area contributed by atoms with Gasteiger partial charge >= 0.3 is 0 Å². The lowest BCUT2D eigenvalue weighted by atomic mass is 9.93. The van der Waals surface area contributed by atoms with E-state index in [1.165, 1.54) is 12.8 Å². The van der Waals surface area contributed by atoms with Crippen LogP contribution in [-0.4, -0.2) is 18.5 Å². The highest BCUT2D eigenvalue weighted by atomic mass is 16.1. The van der Waals surface area contributed by atoms with Crippen LogP contribution in [0, 0.1) is 5.92 Å². The molecule has 0 aromatic heterocycles. The van der Waals surface area contributed by atoms with Crippen molar-refractivity contribution in [1.82, 2.24) is 5.32 Å². The first-order valence-corrected chi connectivity index (χ1v) is 4.24. The first kappa shape index (κ1) is 8.53. The van der Waals surface area contributed by atoms with Gasteiger partial charge in [-0.1, -0.05) is 13.3 Å². The van der Waals surface area contributed by atoms with E-state index in [9.17, 15) is 4.79 Å². The molecule has 2 atom stereocenters. The van der Waals surface area contributed by atoms with Gasteiger partial charge in [0.1, 0.15) is 0 Å². The fourth-order valence-corrected chi connectivity index (χ4v) is 1.50. The highest BCUT2D eigenvalue weighted by molar-refractivity contribution is 5.77. The predicted octanol–water partition coefficient (Wildman–Crippen LogP) is 0.250. The predicted molar refractivity (Wildman–Crippen MR) is 44.0 cm³/mol. The second-order valence-electron chi connectivity index (χ2n) is 3.25. The maximum absolute atomic E-state index is 10.8. The second kappa shape index (κ2) is 3.72. The van der Waals surface area contributed by atoms with Gasteiger partial charge in [-0.05, 0) is 19.4 Å². The number of carbonyl (C=O) groups is 1. The summed E-state index contributed by atoms with van der Waals surface area (Å²) in [7, 11) is 0. The summed E-state index contributed by atoms with van der Waals surface area (Å²) in [5.41, 5.74) is 5.19. The highest BCUT2D eigenvalue weighted by Gasteiger charge is 2.22. The molecule has 1 fully saturated rings. The first-order valence-electron chi connectivity index (χ1n) is 4.24. The average molecular weight is 156 g/mol. The summed E-state index contributed by atoms with van der Waals surface area (Å²) < 4.78 is 0. The Kier molecular flexibility index (Phi) is 2.88. The molecular weight excluding hydrogens is 140 g/mol. The van der Waals surface area contributed by atoms with Crippen molar-refractivity contribution in [2.75, 3.05) is 6.54 Å². The summed E-state index contributed by atoms with van der Waals surface area (Å²) in [6.07, 6.45) is 3.53. The molecule has 1 aliphatic heterocycles. The smallest absolute Gasteiger partial charge is 0.221 e. The summed E-state index contributed by atoms with van der Waals surface area (Å²) in [6.45, 7) is 2.92. The highest BCUT2D eigenvalue weighted by Crippen LogP contribution is 2.14. The molecule has 0 spiro atoms. The number of rotatable bonds is 2. The molecule has 3 heteroatoms. The molecule has 1 heterocycles. The Morgan fingerprint density at radius 3 is 2.82 bits per heavy atom. The van der Waals surface area contributed by atoms with Gasteiger partial charge in [0.05, 0.1) is 5.92 Å². The van der Waals surface area contributed by atoms with Gasteiger partial charge in [0, 0.05) is 6.04 Å². The van der Waals surface area contributed by atoms with Crippen LogP contribution < -0.4 is 11.1 Å². The number of hydrogen-bond acceptors (Lipinski definition) is 2. The first-order chi connectivity index (χ1) is 5.22. The van der Waals surface area contributed by atoms with Crippen LogP contribution in [0.25, 0.3) is 0 Å².